The standard InChI is InChI=1S/C44H30N4.Pd/c1-5-13-29(14-6-1)41-33-21-23-35(45-33)42(30-15-7-2-8-16-30)37-25-27-39(47-37)44(32-19-11-4-12-20-32)40-28-26-38(48-40)43(31-17-9-3-10-18-31)36-24-22-34(41)46-36;/h1-28,45,48H;/q-2;+2/b41-33?,41-34-,42-35?,42-37-,43-36-,43-38?,44-39-,44-40?;. The first-order chi connectivity index (χ1) is 23.8. The number of rotatable bonds is 4. The van der Waals surface area contributed by atoms with Crippen LogP contribution in [0.15, 0.2) is 170 Å². The van der Waals surface area contributed by atoms with Crippen molar-refractivity contribution in [3.05, 3.63) is 236 Å². The number of aromatic amines is 2. The van der Waals surface area contributed by atoms with Gasteiger partial charge in [-0.2, -0.15) is 0 Å². The Hall–Kier alpha value is -5.86. The number of hydrogen-bond donors (Lipinski definition) is 2. The summed E-state index contributed by atoms with van der Waals surface area (Å²) in [5, 5.41) is 3.62. The predicted octanol–water partition coefficient (Wildman–Crippen LogP) is 5.56. The van der Waals surface area contributed by atoms with E-state index in [0.29, 0.717) is 0 Å². The Morgan fingerprint density at radius 3 is 0.714 bits per heavy atom. The minimum Gasteiger partial charge on any atom is -0.657 e. The van der Waals surface area contributed by atoms with Crippen LogP contribution in [0.4, 0.5) is 0 Å². The Morgan fingerprint density at radius 1 is 0.265 bits per heavy atom. The van der Waals surface area contributed by atoms with E-state index in [9.17, 15) is 0 Å². The van der Waals surface area contributed by atoms with Crippen LogP contribution in [0.5, 0.6) is 0 Å². The number of H-pyrrole nitrogens is 2. The third-order valence-corrected chi connectivity index (χ3v) is 9.00. The normalized spacial score (nSPS) is 17.0. The molecule has 0 amide bonds. The summed E-state index contributed by atoms with van der Waals surface area (Å²) in [4.78, 5) is 18.3. The molecule has 5 heterocycles. The summed E-state index contributed by atoms with van der Waals surface area (Å²) >= 11 is 0. The van der Waals surface area contributed by atoms with Gasteiger partial charge in [0.15, 0.2) is 0 Å². The Labute approximate surface area is 297 Å². The van der Waals surface area contributed by atoms with Gasteiger partial charge in [-0.05, 0) is 68.8 Å². The first kappa shape index (κ1) is 30.5. The number of nitrogens with zero attached hydrogens (tertiary/aromatic N) is 2. The first-order valence-electron chi connectivity index (χ1n) is 16.2. The molecular weight excluding hydrogens is 691 g/mol. The van der Waals surface area contributed by atoms with Gasteiger partial charge in [-0.3, -0.25) is 0 Å². The molecule has 0 spiro atoms. The third kappa shape index (κ3) is 5.60. The minimum absolute atomic E-state index is 0. The fourth-order valence-corrected chi connectivity index (χ4v) is 6.84. The zero-order valence-corrected chi connectivity index (χ0v) is 27.9. The van der Waals surface area contributed by atoms with Gasteiger partial charge in [0.25, 0.3) is 0 Å². The second-order valence-electron chi connectivity index (χ2n) is 12.0. The van der Waals surface area contributed by atoms with Crippen molar-refractivity contribution in [3.8, 4) is 0 Å². The van der Waals surface area contributed by atoms with Gasteiger partial charge in [-0.25, -0.2) is 0 Å². The largest absolute Gasteiger partial charge is 2.00 e. The van der Waals surface area contributed by atoms with Crippen molar-refractivity contribution in [1.29, 1.82) is 0 Å². The fraction of sp³-hybridized carbons (Fsp3) is 0. The molecule has 0 fully saturated rings. The summed E-state index contributed by atoms with van der Waals surface area (Å²) in [6, 6.07) is 59.2. The van der Waals surface area contributed by atoms with E-state index in [1.165, 1.54) is 0 Å². The van der Waals surface area contributed by atoms with Crippen LogP contribution in [0.2, 0.25) is 0 Å². The van der Waals surface area contributed by atoms with Crippen LogP contribution in [0.3, 0.4) is 0 Å². The zero-order valence-electron chi connectivity index (χ0n) is 26.4. The molecule has 5 heteroatoms. The van der Waals surface area contributed by atoms with Crippen molar-refractivity contribution in [2.24, 2.45) is 0 Å². The maximum absolute atomic E-state index is 5.35. The Kier molecular flexibility index (Phi) is 8.07. The quantitative estimate of drug-likeness (QED) is 0.234. The molecule has 1 aliphatic heterocycles. The van der Waals surface area contributed by atoms with Crippen LogP contribution in [-0.2, 0) is 20.4 Å². The molecule has 0 unspecified atom stereocenters. The average molecular weight is 721 g/mol. The first-order valence-corrected chi connectivity index (χ1v) is 16.2. The van der Waals surface area contributed by atoms with E-state index >= 15 is 0 Å². The van der Waals surface area contributed by atoms with Crippen molar-refractivity contribution in [2.75, 3.05) is 0 Å². The van der Waals surface area contributed by atoms with Crippen molar-refractivity contribution in [3.63, 3.8) is 0 Å². The van der Waals surface area contributed by atoms with Crippen molar-refractivity contribution >= 4 is 22.3 Å². The van der Waals surface area contributed by atoms with Crippen LogP contribution < -0.4 is 31.4 Å². The van der Waals surface area contributed by atoms with Gasteiger partial charge in [0.1, 0.15) is 0 Å². The molecule has 8 aromatic rings. The van der Waals surface area contributed by atoms with E-state index in [0.717, 1.165) is 88.7 Å². The molecule has 0 saturated carbocycles. The topological polar surface area (TPSA) is 59.8 Å². The van der Waals surface area contributed by atoms with Gasteiger partial charge in [0, 0.05) is 22.8 Å². The number of aromatic nitrogens is 4. The summed E-state index contributed by atoms with van der Waals surface area (Å²) in [6.07, 6.45) is 0. The number of fused-ring (bicyclic) bond motifs is 8. The number of benzene rings is 4. The van der Waals surface area contributed by atoms with Gasteiger partial charge >= 0.3 is 20.4 Å². The Morgan fingerprint density at radius 2 is 0.490 bits per heavy atom. The number of hydrogen-bond acceptors (Lipinski definition) is 0. The summed E-state index contributed by atoms with van der Waals surface area (Å²) in [7, 11) is 0. The predicted molar refractivity (Wildman–Crippen MR) is 192 cm³/mol. The van der Waals surface area contributed by atoms with Crippen LogP contribution in [0, 0.1) is 0 Å². The van der Waals surface area contributed by atoms with Crippen LogP contribution >= 0.6 is 0 Å². The molecule has 0 atom stereocenters. The molecule has 4 aromatic carbocycles. The average Bonchev–Trinajstić information content (AvgIpc) is 3.98. The molecule has 4 nitrogen and oxygen atoms in total. The SMILES string of the molecule is [Pd+2].c1ccc(/C2=c3\cc/c([n-]3)=C(\c3ccccc3)c3ccc([nH]3)/C(c3ccccc3)=c3/cc/c([n-]3)=C(\c3ccccc3)c3ccc2[nH]3)cc1. The third-order valence-electron chi connectivity index (χ3n) is 9.00. The van der Waals surface area contributed by atoms with Crippen molar-refractivity contribution in [2.45, 2.75) is 0 Å². The van der Waals surface area contributed by atoms with Crippen LogP contribution in [0.25, 0.3) is 22.3 Å². The molecule has 2 N–H and O–H groups in total. The number of nitrogens with one attached hydrogen (secondary N) is 2. The molecule has 4 aromatic heterocycles. The summed E-state index contributed by atoms with van der Waals surface area (Å²) in [5.41, 5.74) is 12.5. The van der Waals surface area contributed by atoms with Gasteiger partial charge in [-0.15, -0.1) is 21.4 Å². The molecule has 1 aliphatic rings. The molecule has 236 valence electrons. The van der Waals surface area contributed by atoms with Crippen LogP contribution in [-0.4, -0.2) is 9.97 Å². The molecule has 0 radical (unpaired) electrons. The van der Waals surface area contributed by atoms with E-state index in [1.54, 1.807) is 0 Å². The maximum Gasteiger partial charge on any atom is 2.00 e. The summed E-state index contributed by atoms with van der Waals surface area (Å²) in [5.74, 6) is 0. The van der Waals surface area contributed by atoms with E-state index in [4.69, 9.17) is 9.97 Å². The smallest absolute Gasteiger partial charge is 0.657 e. The fourth-order valence-electron chi connectivity index (χ4n) is 6.84. The van der Waals surface area contributed by atoms with Crippen molar-refractivity contribution < 1.29 is 20.4 Å². The molecular formula is C44H30N4Pd. The monoisotopic (exact) mass is 720 g/mol. The van der Waals surface area contributed by atoms with E-state index in [-0.39, 0.29) is 20.4 Å². The zero-order chi connectivity index (χ0) is 31.9. The Balaban J connectivity index is 0.00000348. The summed E-state index contributed by atoms with van der Waals surface area (Å²) in [6.45, 7) is 0. The minimum atomic E-state index is 0. The van der Waals surface area contributed by atoms with E-state index < -0.39 is 0 Å². The molecule has 0 aliphatic carbocycles. The van der Waals surface area contributed by atoms with Gasteiger partial charge in [-0.1, -0.05) is 146 Å². The van der Waals surface area contributed by atoms with Gasteiger partial charge < -0.3 is 19.9 Å². The molecule has 49 heavy (non-hydrogen) atoms. The van der Waals surface area contributed by atoms with Crippen LogP contribution in [0.1, 0.15) is 45.0 Å². The van der Waals surface area contributed by atoms with E-state index in [2.05, 4.69) is 156 Å². The molecule has 0 saturated heterocycles. The second kappa shape index (κ2) is 13.0. The maximum atomic E-state index is 5.35. The Bertz CT molecular complexity index is 2280. The summed E-state index contributed by atoms with van der Waals surface area (Å²) < 4.78 is 0. The second-order valence-corrected chi connectivity index (χ2v) is 12.0. The van der Waals surface area contributed by atoms with Gasteiger partial charge in [0.2, 0.25) is 0 Å². The van der Waals surface area contributed by atoms with E-state index in [1.807, 2.05) is 24.3 Å². The van der Waals surface area contributed by atoms with Gasteiger partial charge in [0.05, 0.1) is 0 Å². The molecule has 9 rings (SSSR count). The van der Waals surface area contributed by atoms with Crippen molar-refractivity contribution in [1.82, 2.24) is 19.9 Å². The molecule has 8 bridgehead atoms.